The Bertz CT molecular complexity index is 316. The molecule has 0 aliphatic rings. The molecule has 216 valence electrons. The summed E-state index contributed by atoms with van der Waals surface area (Å²) in [5.41, 5.74) is 0. The van der Waals surface area contributed by atoms with E-state index in [0.29, 0.717) is 0 Å². The predicted molar refractivity (Wildman–Crippen MR) is 175 cm³/mol. The van der Waals surface area contributed by atoms with Gasteiger partial charge in [0.1, 0.15) is 0 Å². The first-order valence-corrected chi connectivity index (χ1v) is 13.3. The van der Waals surface area contributed by atoms with Crippen LogP contribution in [0.4, 0.5) is 0 Å². The standard InChI is InChI=1S/3C6H6.C3H8.5C2H6.2CH4O.CH4/c3*1-2-4-6-5-3-1;1-3-2;7*1-2;/h3*1-6H;3H2,1-2H3;5*1-2H3;2*2H,1H3;1H4. The Kier molecular flexibility index (Phi) is 194. The molecule has 3 rings (SSSR count). The highest BCUT2D eigenvalue weighted by molar-refractivity contribution is 5.00. The predicted octanol–water partition coefficient (Wildman–Crippen LogP) is 11.5. The molecule has 3 aromatic carbocycles. The first-order chi connectivity index (χ1) is 17.4. The van der Waals surface area contributed by atoms with Crippen molar-refractivity contribution < 1.29 is 10.2 Å². The molecule has 2 nitrogen and oxygen atoms in total. The van der Waals surface area contributed by atoms with E-state index >= 15 is 0 Å². The van der Waals surface area contributed by atoms with Gasteiger partial charge < -0.3 is 10.2 Å². The van der Waals surface area contributed by atoms with Gasteiger partial charge in [-0.25, -0.2) is 0 Å². The molecule has 0 aliphatic carbocycles. The molecule has 0 saturated carbocycles. The molecule has 0 aliphatic heterocycles. The molecular formula is C34H68O2. The van der Waals surface area contributed by atoms with E-state index in [1.807, 2.05) is 178 Å². The monoisotopic (exact) mass is 509 g/mol. The number of aliphatic hydroxyl groups excluding tert-OH is 2. The van der Waals surface area contributed by atoms with Crippen molar-refractivity contribution in [2.45, 2.75) is 96.9 Å². The topological polar surface area (TPSA) is 40.5 Å². The van der Waals surface area contributed by atoms with Gasteiger partial charge in [-0.15, -0.1) is 0 Å². The van der Waals surface area contributed by atoms with Gasteiger partial charge in [-0.1, -0.05) is 206 Å². The second kappa shape index (κ2) is 118. The maximum atomic E-state index is 7.00. The Morgan fingerprint density at radius 1 is 0.278 bits per heavy atom. The Morgan fingerprint density at radius 3 is 0.333 bits per heavy atom. The molecule has 0 aromatic heterocycles. The smallest absolute Gasteiger partial charge is 0.0319 e. The minimum Gasteiger partial charge on any atom is -0.400 e. The van der Waals surface area contributed by atoms with Gasteiger partial charge in [0.05, 0.1) is 0 Å². The van der Waals surface area contributed by atoms with Gasteiger partial charge in [0, 0.05) is 14.2 Å². The van der Waals surface area contributed by atoms with Crippen molar-refractivity contribution in [2.75, 3.05) is 14.2 Å². The van der Waals surface area contributed by atoms with E-state index in [4.69, 9.17) is 10.2 Å². The number of hydrogen-bond acceptors (Lipinski definition) is 2. The van der Waals surface area contributed by atoms with Crippen molar-refractivity contribution in [1.82, 2.24) is 0 Å². The lowest BCUT2D eigenvalue weighted by Crippen LogP contribution is -1.47. The molecule has 0 unspecified atom stereocenters. The van der Waals surface area contributed by atoms with Crippen LogP contribution in [0.3, 0.4) is 0 Å². The van der Waals surface area contributed by atoms with Gasteiger partial charge in [0.25, 0.3) is 0 Å². The Balaban J connectivity index is -0.0000000334. The van der Waals surface area contributed by atoms with Crippen molar-refractivity contribution in [3.05, 3.63) is 109 Å². The summed E-state index contributed by atoms with van der Waals surface area (Å²) in [5, 5.41) is 14.0. The van der Waals surface area contributed by atoms with Crippen molar-refractivity contribution >= 4 is 0 Å². The lowest BCUT2D eigenvalue weighted by atomic mass is 10.4. The quantitative estimate of drug-likeness (QED) is 0.317. The molecular weight excluding hydrogens is 440 g/mol. The first-order valence-electron chi connectivity index (χ1n) is 13.3. The average molecular weight is 509 g/mol. The second-order valence-electron chi connectivity index (χ2n) is 4.17. The van der Waals surface area contributed by atoms with Crippen LogP contribution in [0, 0.1) is 0 Å². The molecule has 0 bridgehead atoms. The SMILES string of the molecule is C.CC.CC.CC.CC.CC.CCC.CO.CO.c1ccccc1.c1ccccc1.c1ccccc1. The normalized spacial score (nSPS) is 5.67. The summed E-state index contributed by atoms with van der Waals surface area (Å²) < 4.78 is 0. The molecule has 2 N–H and O–H groups in total. The van der Waals surface area contributed by atoms with E-state index < -0.39 is 0 Å². The summed E-state index contributed by atoms with van der Waals surface area (Å²) >= 11 is 0. The van der Waals surface area contributed by atoms with Crippen molar-refractivity contribution in [3.8, 4) is 0 Å². The summed E-state index contributed by atoms with van der Waals surface area (Å²) in [7, 11) is 2.00. The van der Waals surface area contributed by atoms with Crippen molar-refractivity contribution in [2.24, 2.45) is 0 Å². The van der Waals surface area contributed by atoms with Crippen LogP contribution < -0.4 is 0 Å². The number of benzene rings is 3. The summed E-state index contributed by atoms with van der Waals surface area (Å²) in [6.45, 7) is 24.2. The lowest BCUT2D eigenvalue weighted by molar-refractivity contribution is 0.399. The van der Waals surface area contributed by atoms with E-state index in [1.165, 1.54) is 6.42 Å². The maximum Gasteiger partial charge on any atom is 0.0319 e. The van der Waals surface area contributed by atoms with Crippen molar-refractivity contribution in [1.29, 1.82) is 0 Å². The summed E-state index contributed by atoms with van der Waals surface area (Å²) in [6, 6.07) is 36.0. The molecule has 3 aromatic rings. The van der Waals surface area contributed by atoms with Gasteiger partial charge in [-0.3, -0.25) is 0 Å². The Hall–Kier alpha value is -2.42. The third-order valence-electron chi connectivity index (χ3n) is 2.00. The van der Waals surface area contributed by atoms with Crippen LogP contribution in [-0.4, -0.2) is 24.4 Å². The summed E-state index contributed by atoms with van der Waals surface area (Å²) in [6.07, 6.45) is 1.25. The first kappa shape index (κ1) is 59.0. The molecule has 0 spiro atoms. The Morgan fingerprint density at radius 2 is 0.306 bits per heavy atom. The summed E-state index contributed by atoms with van der Waals surface area (Å²) in [4.78, 5) is 0. The minimum absolute atomic E-state index is 0. The maximum absolute atomic E-state index is 7.00. The van der Waals surface area contributed by atoms with E-state index in [-0.39, 0.29) is 7.43 Å². The van der Waals surface area contributed by atoms with Crippen LogP contribution in [0.25, 0.3) is 0 Å². The highest BCUT2D eigenvalue weighted by Crippen LogP contribution is 1.81. The zero-order valence-corrected chi connectivity index (χ0v) is 26.0. The van der Waals surface area contributed by atoms with E-state index in [2.05, 4.69) is 13.8 Å². The highest BCUT2D eigenvalue weighted by Gasteiger charge is 1.59. The second-order valence-corrected chi connectivity index (χ2v) is 4.17. The van der Waals surface area contributed by atoms with Gasteiger partial charge in [0.15, 0.2) is 0 Å². The number of hydrogen-bond donors (Lipinski definition) is 2. The van der Waals surface area contributed by atoms with Crippen LogP contribution in [0.5, 0.6) is 0 Å². The van der Waals surface area contributed by atoms with Crippen LogP contribution in [0.2, 0.25) is 0 Å². The highest BCUT2D eigenvalue weighted by atomic mass is 16.2. The van der Waals surface area contributed by atoms with E-state index in [0.717, 1.165) is 14.2 Å². The van der Waals surface area contributed by atoms with Gasteiger partial charge in [0.2, 0.25) is 0 Å². The molecule has 36 heavy (non-hydrogen) atoms. The fourth-order valence-electron chi connectivity index (χ4n) is 1.15. The zero-order chi connectivity index (χ0) is 29.4. The average Bonchev–Trinajstić information content (AvgIpc) is 3.04. The molecule has 0 fully saturated rings. The van der Waals surface area contributed by atoms with Crippen LogP contribution in [0.1, 0.15) is 96.9 Å². The fraction of sp³-hybridized carbons (Fsp3) is 0.471. The lowest BCUT2D eigenvalue weighted by Gasteiger charge is -1.69. The van der Waals surface area contributed by atoms with Crippen LogP contribution in [-0.2, 0) is 0 Å². The minimum atomic E-state index is 0. The molecule has 2 heteroatoms. The number of rotatable bonds is 0. The molecule has 0 atom stereocenters. The van der Waals surface area contributed by atoms with Gasteiger partial charge in [-0.05, 0) is 0 Å². The van der Waals surface area contributed by atoms with E-state index in [1.54, 1.807) is 0 Å². The third-order valence-corrected chi connectivity index (χ3v) is 2.00. The van der Waals surface area contributed by atoms with E-state index in [9.17, 15) is 0 Å². The molecule has 0 saturated heterocycles. The number of aliphatic hydroxyl groups is 2. The van der Waals surface area contributed by atoms with Gasteiger partial charge >= 0.3 is 0 Å². The van der Waals surface area contributed by atoms with Gasteiger partial charge in [-0.2, -0.15) is 0 Å². The molecule has 0 radical (unpaired) electrons. The summed E-state index contributed by atoms with van der Waals surface area (Å²) in [5.74, 6) is 0. The molecule has 0 heterocycles. The van der Waals surface area contributed by atoms with Crippen LogP contribution >= 0.6 is 0 Å². The molecule has 0 amide bonds. The Labute approximate surface area is 230 Å². The third kappa shape index (κ3) is 122. The largest absolute Gasteiger partial charge is 0.400 e. The zero-order valence-electron chi connectivity index (χ0n) is 26.0. The van der Waals surface area contributed by atoms with Crippen LogP contribution in [0.15, 0.2) is 109 Å². The fourth-order valence-corrected chi connectivity index (χ4v) is 1.15. The van der Waals surface area contributed by atoms with Crippen molar-refractivity contribution in [3.63, 3.8) is 0 Å².